The predicted molar refractivity (Wildman–Crippen MR) is 118 cm³/mol. The van der Waals surface area contributed by atoms with Gasteiger partial charge in [-0.1, -0.05) is 18.2 Å². The van der Waals surface area contributed by atoms with Crippen molar-refractivity contribution in [1.82, 2.24) is 25.1 Å². The van der Waals surface area contributed by atoms with Gasteiger partial charge in [0.25, 0.3) is 12.0 Å². The molecule has 5 rings (SSSR count). The molecule has 1 atom stereocenters. The number of alkyl halides is 2. The summed E-state index contributed by atoms with van der Waals surface area (Å²) in [4.78, 5) is 20.8. The first-order valence-electron chi connectivity index (χ1n) is 10.6. The summed E-state index contributed by atoms with van der Waals surface area (Å²) in [6.45, 7) is 0.723. The van der Waals surface area contributed by atoms with E-state index < -0.39 is 13.0 Å². The van der Waals surface area contributed by atoms with Crippen LogP contribution in [0.2, 0.25) is 0 Å². The van der Waals surface area contributed by atoms with Crippen LogP contribution in [0.5, 0.6) is 5.75 Å². The lowest BCUT2D eigenvalue weighted by Crippen LogP contribution is -2.30. The quantitative estimate of drug-likeness (QED) is 0.468. The van der Waals surface area contributed by atoms with Gasteiger partial charge in [0.1, 0.15) is 24.3 Å². The molecule has 2 aromatic carbocycles. The van der Waals surface area contributed by atoms with E-state index in [0.29, 0.717) is 40.9 Å². The van der Waals surface area contributed by atoms with Gasteiger partial charge in [0.2, 0.25) is 0 Å². The largest absolute Gasteiger partial charge is 0.486 e. The SMILES string of the molecule is N#Cc1cc2[nH]c(Cc3nn(C4CCNC4)c(=O)c4ccccc34)nc2cc1OCC(F)F. The van der Waals surface area contributed by atoms with Gasteiger partial charge < -0.3 is 15.0 Å². The molecule has 0 spiro atoms. The number of H-pyrrole nitrogens is 1. The standard InChI is InChI=1S/C23H20F2N6O2/c24-21(25)12-33-20-8-19-18(7-13(20)10-26)28-22(29-19)9-17-15-3-1-2-4-16(15)23(32)31(30-17)14-5-6-27-11-14/h1-4,7-8,14,21,27H,5-6,9,11-12H2,(H,28,29). The number of nitrogens with zero attached hydrogens (tertiary/aromatic N) is 4. The molecule has 1 aliphatic heterocycles. The molecule has 1 unspecified atom stereocenters. The molecule has 33 heavy (non-hydrogen) atoms. The minimum atomic E-state index is -2.65. The first kappa shape index (κ1) is 21.0. The first-order valence-corrected chi connectivity index (χ1v) is 10.6. The number of hydrogen-bond donors (Lipinski definition) is 2. The van der Waals surface area contributed by atoms with E-state index in [-0.39, 0.29) is 22.9 Å². The van der Waals surface area contributed by atoms with Crippen molar-refractivity contribution in [1.29, 1.82) is 5.26 Å². The van der Waals surface area contributed by atoms with Crippen molar-refractivity contribution in [2.24, 2.45) is 0 Å². The number of ether oxygens (including phenoxy) is 1. The van der Waals surface area contributed by atoms with Crippen molar-refractivity contribution in [3.05, 3.63) is 63.8 Å². The van der Waals surface area contributed by atoms with Gasteiger partial charge in [0.15, 0.2) is 0 Å². The molecule has 1 saturated heterocycles. The number of nitriles is 1. The summed E-state index contributed by atoms with van der Waals surface area (Å²) in [5.74, 6) is 0.640. The van der Waals surface area contributed by atoms with Crippen LogP contribution in [-0.4, -0.2) is 45.9 Å². The molecule has 0 bridgehead atoms. The summed E-state index contributed by atoms with van der Waals surface area (Å²) < 4.78 is 31.8. The van der Waals surface area contributed by atoms with Crippen molar-refractivity contribution in [3.8, 4) is 11.8 Å². The Labute approximate surface area is 186 Å². The lowest BCUT2D eigenvalue weighted by molar-refractivity contribution is 0.0818. The second-order valence-electron chi connectivity index (χ2n) is 7.93. The minimum absolute atomic E-state index is 0.00995. The van der Waals surface area contributed by atoms with Crippen LogP contribution in [-0.2, 0) is 6.42 Å². The Morgan fingerprint density at radius 1 is 1.27 bits per heavy atom. The molecular weight excluding hydrogens is 430 g/mol. The molecular formula is C23H20F2N6O2. The van der Waals surface area contributed by atoms with Crippen LogP contribution in [0.1, 0.15) is 29.5 Å². The van der Waals surface area contributed by atoms with E-state index in [0.717, 1.165) is 18.4 Å². The molecule has 4 aromatic rings. The van der Waals surface area contributed by atoms with Crippen molar-refractivity contribution in [3.63, 3.8) is 0 Å². The third-order valence-electron chi connectivity index (χ3n) is 5.74. The maximum atomic E-state index is 13.0. The number of aromatic amines is 1. The molecule has 2 aromatic heterocycles. The van der Waals surface area contributed by atoms with E-state index in [1.165, 1.54) is 12.1 Å². The Kier molecular flexibility index (Phi) is 5.48. The zero-order chi connectivity index (χ0) is 22.9. The molecule has 1 aliphatic rings. The summed E-state index contributed by atoms with van der Waals surface area (Å²) in [5, 5.41) is 18.7. The van der Waals surface area contributed by atoms with Crippen LogP contribution in [0.4, 0.5) is 8.78 Å². The molecule has 10 heteroatoms. The monoisotopic (exact) mass is 450 g/mol. The third kappa shape index (κ3) is 4.03. The minimum Gasteiger partial charge on any atom is -0.486 e. The highest BCUT2D eigenvalue weighted by atomic mass is 19.3. The van der Waals surface area contributed by atoms with E-state index >= 15 is 0 Å². The number of rotatable bonds is 6. The van der Waals surface area contributed by atoms with Crippen molar-refractivity contribution < 1.29 is 13.5 Å². The van der Waals surface area contributed by atoms with Crippen LogP contribution in [0.3, 0.4) is 0 Å². The Balaban J connectivity index is 1.55. The van der Waals surface area contributed by atoms with Crippen LogP contribution in [0, 0.1) is 11.3 Å². The van der Waals surface area contributed by atoms with Gasteiger partial charge in [-0.15, -0.1) is 0 Å². The van der Waals surface area contributed by atoms with Gasteiger partial charge in [-0.2, -0.15) is 10.4 Å². The molecule has 2 N–H and O–H groups in total. The van der Waals surface area contributed by atoms with Crippen LogP contribution < -0.4 is 15.6 Å². The summed E-state index contributed by atoms with van der Waals surface area (Å²) >= 11 is 0. The molecule has 0 radical (unpaired) electrons. The number of fused-ring (bicyclic) bond motifs is 2. The summed E-state index contributed by atoms with van der Waals surface area (Å²) in [6, 6.07) is 12.3. The lowest BCUT2D eigenvalue weighted by Gasteiger charge is -2.15. The second kappa shape index (κ2) is 8.60. The molecule has 168 valence electrons. The molecule has 0 amide bonds. The van der Waals surface area contributed by atoms with Gasteiger partial charge in [0.05, 0.1) is 40.1 Å². The number of nitrogens with one attached hydrogen (secondary N) is 2. The van der Waals surface area contributed by atoms with E-state index in [2.05, 4.69) is 15.3 Å². The third-order valence-corrected chi connectivity index (χ3v) is 5.74. The van der Waals surface area contributed by atoms with Gasteiger partial charge in [-0.3, -0.25) is 4.79 Å². The van der Waals surface area contributed by atoms with Gasteiger partial charge in [-0.25, -0.2) is 18.4 Å². The fourth-order valence-corrected chi connectivity index (χ4v) is 4.19. The molecule has 0 saturated carbocycles. The average molecular weight is 450 g/mol. The Hall–Kier alpha value is -3.84. The zero-order valence-electron chi connectivity index (χ0n) is 17.5. The Morgan fingerprint density at radius 2 is 2.09 bits per heavy atom. The van der Waals surface area contributed by atoms with Crippen LogP contribution in [0.25, 0.3) is 21.8 Å². The highest BCUT2D eigenvalue weighted by Gasteiger charge is 2.22. The van der Waals surface area contributed by atoms with Crippen molar-refractivity contribution >= 4 is 21.8 Å². The summed E-state index contributed by atoms with van der Waals surface area (Å²) in [6.07, 6.45) is -1.50. The van der Waals surface area contributed by atoms with Gasteiger partial charge >= 0.3 is 0 Å². The molecule has 0 aliphatic carbocycles. The van der Waals surface area contributed by atoms with Crippen molar-refractivity contribution in [2.45, 2.75) is 25.3 Å². The van der Waals surface area contributed by atoms with Gasteiger partial charge in [-0.05, 0) is 25.1 Å². The number of aromatic nitrogens is 4. The average Bonchev–Trinajstić information content (AvgIpc) is 3.48. The normalized spacial score (nSPS) is 16.0. The van der Waals surface area contributed by atoms with Crippen molar-refractivity contribution in [2.75, 3.05) is 19.7 Å². The zero-order valence-corrected chi connectivity index (χ0v) is 17.5. The number of halogens is 2. The summed E-state index contributed by atoms with van der Waals surface area (Å²) in [7, 11) is 0. The Morgan fingerprint density at radius 3 is 2.82 bits per heavy atom. The van der Waals surface area contributed by atoms with E-state index in [1.54, 1.807) is 10.7 Å². The maximum absolute atomic E-state index is 13.0. The Bertz CT molecular complexity index is 1430. The number of hydrogen-bond acceptors (Lipinski definition) is 6. The smallest absolute Gasteiger partial charge is 0.274 e. The fourth-order valence-electron chi connectivity index (χ4n) is 4.19. The van der Waals surface area contributed by atoms with E-state index in [1.807, 2.05) is 24.3 Å². The van der Waals surface area contributed by atoms with E-state index in [4.69, 9.17) is 9.84 Å². The van der Waals surface area contributed by atoms with Crippen LogP contribution in [0.15, 0.2) is 41.2 Å². The highest BCUT2D eigenvalue weighted by Crippen LogP contribution is 2.26. The maximum Gasteiger partial charge on any atom is 0.274 e. The van der Waals surface area contributed by atoms with Gasteiger partial charge in [0, 0.05) is 18.0 Å². The molecule has 3 heterocycles. The number of benzene rings is 2. The fraction of sp³-hybridized carbons (Fsp3) is 0.304. The summed E-state index contributed by atoms with van der Waals surface area (Å²) in [5.41, 5.74) is 1.80. The first-order chi connectivity index (χ1) is 16.0. The topological polar surface area (TPSA) is 109 Å². The number of imidazole rings is 1. The van der Waals surface area contributed by atoms with E-state index in [9.17, 15) is 18.8 Å². The predicted octanol–water partition coefficient (Wildman–Crippen LogP) is 2.91. The highest BCUT2D eigenvalue weighted by molar-refractivity contribution is 5.84. The lowest BCUT2D eigenvalue weighted by atomic mass is 10.1. The molecule has 1 fully saturated rings. The molecule has 8 nitrogen and oxygen atoms in total. The second-order valence-corrected chi connectivity index (χ2v) is 7.93. The van der Waals surface area contributed by atoms with Crippen LogP contribution >= 0.6 is 0 Å².